The van der Waals surface area contributed by atoms with Crippen molar-refractivity contribution in [3.63, 3.8) is 0 Å². The largest absolute Gasteiger partial charge is 0.326 e. The van der Waals surface area contributed by atoms with Gasteiger partial charge in [-0.15, -0.1) is 0 Å². The van der Waals surface area contributed by atoms with Crippen molar-refractivity contribution in [2.45, 2.75) is 51.7 Å². The van der Waals surface area contributed by atoms with Crippen molar-refractivity contribution < 1.29 is 4.39 Å². The van der Waals surface area contributed by atoms with Crippen LogP contribution in [-0.4, -0.2) is 11.2 Å². The first-order chi connectivity index (χ1) is 4.21. The minimum atomic E-state index is -1.07. The molecule has 0 spiro atoms. The van der Waals surface area contributed by atoms with Gasteiger partial charge in [0.1, 0.15) is 5.67 Å². The number of alkyl halides is 1. The Balaban J connectivity index is 3.56. The van der Waals surface area contributed by atoms with Gasteiger partial charge in [0.05, 0.1) is 0 Å². The number of hydrogen-bond acceptors (Lipinski definition) is 1. The Bertz CT molecular complexity index is 82.8. The van der Waals surface area contributed by atoms with E-state index in [0.717, 1.165) is 6.42 Å². The maximum absolute atomic E-state index is 12.9. The molecule has 0 heterocycles. The van der Waals surface area contributed by atoms with Gasteiger partial charge in [-0.2, -0.15) is 0 Å². The zero-order chi connectivity index (χ0) is 8.41. The number of rotatable bonds is 3. The molecule has 2 N–H and O–H groups in total. The molecule has 0 aliphatic heterocycles. The van der Waals surface area contributed by atoms with E-state index in [1.54, 1.807) is 13.8 Å². The summed E-state index contributed by atoms with van der Waals surface area (Å²) in [6.45, 7) is 7.00. The fourth-order valence-electron chi connectivity index (χ4n) is 0.619. The summed E-state index contributed by atoms with van der Waals surface area (Å²) in [5, 5.41) is 0. The Morgan fingerprint density at radius 1 is 1.10 bits per heavy atom. The third-order valence-electron chi connectivity index (χ3n) is 1.36. The van der Waals surface area contributed by atoms with Gasteiger partial charge in [0.25, 0.3) is 0 Å². The van der Waals surface area contributed by atoms with Crippen LogP contribution < -0.4 is 5.73 Å². The monoisotopic (exact) mass is 147 g/mol. The maximum atomic E-state index is 12.9. The van der Waals surface area contributed by atoms with Crippen molar-refractivity contribution in [2.24, 2.45) is 5.73 Å². The summed E-state index contributed by atoms with van der Waals surface area (Å²) >= 11 is 0. The van der Waals surface area contributed by atoms with Crippen LogP contribution in [0.15, 0.2) is 0 Å². The van der Waals surface area contributed by atoms with Crippen molar-refractivity contribution in [1.29, 1.82) is 0 Å². The first-order valence-electron chi connectivity index (χ1n) is 3.68. The summed E-state index contributed by atoms with van der Waals surface area (Å²) in [5.74, 6) is 0. The highest BCUT2D eigenvalue weighted by atomic mass is 19.1. The van der Waals surface area contributed by atoms with E-state index < -0.39 is 5.67 Å². The Hall–Kier alpha value is -0.110. The molecule has 2 heteroatoms. The van der Waals surface area contributed by atoms with Crippen LogP contribution in [0.3, 0.4) is 0 Å². The van der Waals surface area contributed by atoms with E-state index in [9.17, 15) is 4.39 Å². The molecule has 1 nitrogen and oxygen atoms in total. The highest BCUT2D eigenvalue weighted by Gasteiger charge is 2.19. The number of halogens is 1. The van der Waals surface area contributed by atoms with Crippen molar-refractivity contribution in [2.75, 3.05) is 0 Å². The molecule has 0 aliphatic rings. The summed E-state index contributed by atoms with van der Waals surface area (Å²) in [4.78, 5) is 0. The highest BCUT2D eigenvalue weighted by Crippen LogP contribution is 2.20. The van der Waals surface area contributed by atoms with Crippen molar-refractivity contribution in [3.05, 3.63) is 0 Å². The van der Waals surface area contributed by atoms with E-state index in [2.05, 4.69) is 0 Å². The number of nitrogens with two attached hydrogens (primary N) is 1. The molecule has 0 saturated carbocycles. The van der Waals surface area contributed by atoms with Crippen LogP contribution in [0.4, 0.5) is 4.39 Å². The van der Waals surface area contributed by atoms with Gasteiger partial charge in [0, 0.05) is 5.54 Å². The smallest absolute Gasteiger partial charge is 0.105 e. The van der Waals surface area contributed by atoms with Crippen LogP contribution in [0, 0.1) is 0 Å². The van der Waals surface area contributed by atoms with Gasteiger partial charge in [-0.05, 0) is 40.5 Å². The van der Waals surface area contributed by atoms with E-state index in [4.69, 9.17) is 5.73 Å². The molecule has 0 atom stereocenters. The van der Waals surface area contributed by atoms with Crippen molar-refractivity contribution in [3.8, 4) is 0 Å². The van der Waals surface area contributed by atoms with Gasteiger partial charge in [-0.25, -0.2) is 4.39 Å². The molecule has 10 heavy (non-hydrogen) atoms. The fourth-order valence-corrected chi connectivity index (χ4v) is 0.619. The van der Waals surface area contributed by atoms with Gasteiger partial charge in [-0.1, -0.05) is 0 Å². The standard InChI is InChI=1S/C8H18FN/c1-7(2,9)5-6-8(3,4)10/h5-6,10H2,1-4H3. The van der Waals surface area contributed by atoms with E-state index in [1.807, 2.05) is 13.8 Å². The first-order valence-corrected chi connectivity index (χ1v) is 3.68. The molecule has 0 radical (unpaired) electrons. The van der Waals surface area contributed by atoms with E-state index >= 15 is 0 Å². The molecule has 0 aliphatic carbocycles. The molecule has 0 saturated heterocycles. The molecule has 0 aromatic heterocycles. The Morgan fingerprint density at radius 2 is 1.50 bits per heavy atom. The van der Waals surface area contributed by atoms with Crippen LogP contribution in [0.1, 0.15) is 40.5 Å². The predicted octanol–water partition coefficient (Wildman–Crippen LogP) is 2.25. The van der Waals surface area contributed by atoms with Crippen LogP contribution in [0.5, 0.6) is 0 Å². The van der Waals surface area contributed by atoms with Gasteiger partial charge in [0.2, 0.25) is 0 Å². The van der Waals surface area contributed by atoms with E-state index in [1.165, 1.54) is 0 Å². The lowest BCUT2D eigenvalue weighted by Crippen LogP contribution is -2.33. The quantitative estimate of drug-likeness (QED) is 0.651. The van der Waals surface area contributed by atoms with Crippen LogP contribution >= 0.6 is 0 Å². The van der Waals surface area contributed by atoms with Gasteiger partial charge < -0.3 is 5.73 Å². The minimum absolute atomic E-state index is 0.233. The lowest BCUT2D eigenvalue weighted by atomic mass is 9.94. The molecule has 0 aromatic carbocycles. The molecule has 0 fully saturated rings. The Kier molecular flexibility index (Phi) is 2.84. The fraction of sp³-hybridized carbons (Fsp3) is 1.00. The third kappa shape index (κ3) is 7.89. The lowest BCUT2D eigenvalue weighted by molar-refractivity contribution is 0.184. The van der Waals surface area contributed by atoms with Gasteiger partial charge in [-0.3, -0.25) is 0 Å². The van der Waals surface area contributed by atoms with E-state index in [0.29, 0.717) is 6.42 Å². The average Bonchev–Trinajstić information content (AvgIpc) is 1.57. The summed E-state index contributed by atoms with van der Waals surface area (Å²) in [5.41, 5.74) is 4.37. The zero-order valence-electron chi connectivity index (χ0n) is 7.37. The molecule has 0 bridgehead atoms. The van der Waals surface area contributed by atoms with Crippen molar-refractivity contribution in [1.82, 2.24) is 0 Å². The SMILES string of the molecule is CC(C)(N)CCC(C)(C)F. The molecule has 0 amide bonds. The third-order valence-corrected chi connectivity index (χ3v) is 1.36. The van der Waals surface area contributed by atoms with Crippen LogP contribution in [0.25, 0.3) is 0 Å². The van der Waals surface area contributed by atoms with Crippen LogP contribution in [-0.2, 0) is 0 Å². The predicted molar refractivity (Wildman–Crippen MR) is 42.7 cm³/mol. The summed E-state index contributed by atoms with van der Waals surface area (Å²) in [6.07, 6.45) is 1.27. The molecule has 0 unspecified atom stereocenters. The average molecular weight is 147 g/mol. The van der Waals surface area contributed by atoms with Crippen molar-refractivity contribution >= 4 is 0 Å². The summed E-state index contributed by atoms with van der Waals surface area (Å²) in [6, 6.07) is 0. The topological polar surface area (TPSA) is 26.0 Å². The molecule has 62 valence electrons. The first kappa shape index (κ1) is 9.89. The lowest BCUT2D eigenvalue weighted by Gasteiger charge is -2.22. The van der Waals surface area contributed by atoms with Gasteiger partial charge >= 0.3 is 0 Å². The van der Waals surface area contributed by atoms with E-state index in [-0.39, 0.29) is 5.54 Å². The minimum Gasteiger partial charge on any atom is -0.326 e. The van der Waals surface area contributed by atoms with Crippen LogP contribution in [0.2, 0.25) is 0 Å². The number of hydrogen-bond donors (Lipinski definition) is 1. The maximum Gasteiger partial charge on any atom is 0.105 e. The second-order valence-electron chi connectivity index (χ2n) is 4.21. The highest BCUT2D eigenvalue weighted by molar-refractivity contribution is 4.76. The second kappa shape index (κ2) is 2.87. The summed E-state index contributed by atoms with van der Waals surface area (Å²) in [7, 11) is 0. The Labute approximate surface area is 62.8 Å². The zero-order valence-corrected chi connectivity index (χ0v) is 7.37. The molecule has 0 rings (SSSR count). The molecular formula is C8H18FN. The second-order valence-corrected chi connectivity index (χ2v) is 4.21. The summed E-state index contributed by atoms with van der Waals surface area (Å²) < 4.78 is 12.9. The molecule has 0 aromatic rings. The normalized spacial score (nSPS) is 13.8. The Morgan fingerprint density at radius 3 is 1.60 bits per heavy atom. The molecular weight excluding hydrogens is 129 g/mol. The van der Waals surface area contributed by atoms with Gasteiger partial charge in [0.15, 0.2) is 0 Å².